The van der Waals surface area contributed by atoms with E-state index in [1.165, 1.54) is 0 Å². The fourth-order valence-electron chi connectivity index (χ4n) is 1.78. The number of amides is 2. The lowest BCUT2D eigenvalue weighted by Gasteiger charge is -2.21. The summed E-state index contributed by atoms with van der Waals surface area (Å²) in [5, 5.41) is 2.84. The highest BCUT2D eigenvalue weighted by molar-refractivity contribution is 5.89. The van der Waals surface area contributed by atoms with Crippen molar-refractivity contribution in [3.63, 3.8) is 0 Å². The molecule has 2 aromatic rings. The molecule has 0 aliphatic carbocycles. The predicted molar refractivity (Wildman–Crippen MR) is 80.2 cm³/mol. The molecular weight excluding hydrogens is 252 g/mol. The largest absolute Gasteiger partial charge is 0.399 e. The van der Waals surface area contributed by atoms with E-state index in [9.17, 15) is 4.79 Å². The lowest BCUT2D eigenvalue weighted by Crippen LogP contribution is -2.34. The molecule has 0 atom stereocenters. The first-order chi connectivity index (χ1) is 9.69. The number of urea groups is 1. The summed E-state index contributed by atoms with van der Waals surface area (Å²) in [5.41, 5.74) is 7.87. The van der Waals surface area contributed by atoms with E-state index in [0.717, 1.165) is 11.4 Å². The van der Waals surface area contributed by atoms with Crippen LogP contribution >= 0.6 is 0 Å². The molecule has 20 heavy (non-hydrogen) atoms. The lowest BCUT2D eigenvalue weighted by atomic mass is 10.3. The van der Waals surface area contributed by atoms with Gasteiger partial charge in [0.05, 0.1) is 12.2 Å². The quantitative estimate of drug-likeness (QED) is 0.839. The smallest absolute Gasteiger partial charge is 0.322 e. The van der Waals surface area contributed by atoms with Crippen LogP contribution in [0.4, 0.5) is 16.2 Å². The van der Waals surface area contributed by atoms with Crippen LogP contribution in [0, 0.1) is 0 Å². The summed E-state index contributed by atoms with van der Waals surface area (Å²) >= 11 is 0. The number of aromatic nitrogens is 1. The molecule has 5 heteroatoms. The zero-order chi connectivity index (χ0) is 14.4. The fraction of sp³-hybridized carbons (Fsp3) is 0.200. The maximum absolute atomic E-state index is 12.2. The molecule has 1 heterocycles. The van der Waals surface area contributed by atoms with Crippen molar-refractivity contribution < 1.29 is 4.79 Å². The summed E-state index contributed by atoms with van der Waals surface area (Å²) in [5.74, 6) is 0. The molecular formula is C15H18N4O. The second-order valence-corrected chi connectivity index (χ2v) is 4.39. The van der Waals surface area contributed by atoms with Gasteiger partial charge in [-0.2, -0.15) is 0 Å². The van der Waals surface area contributed by atoms with Crippen molar-refractivity contribution in [2.24, 2.45) is 0 Å². The molecule has 5 nitrogen and oxygen atoms in total. The Morgan fingerprint density at radius 2 is 2.00 bits per heavy atom. The Morgan fingerprint density at radius 1 is 1.25 bits per heavy atom. The number of hydrogen-bond acceptors (Lipinski definition) is 3. The van der Waals surface area contributed by atoms with E-state index in [1.54, 1.807) is 35.4 Å². The average molecular weight is 270 g/mol. The van der Waals surface area contributed by atoms with Gasteiger partial charge in [0.15, 0.2) is 0 Å². The Balaban J connectivity index is 2.00. The number of nitrogens with zero attached hydrogens (tertiary/aromatic N) is 2. The highest BCUT2D eigenvalue weighted by Crippen LogP contribution is 2.12. The van der Waals surface area contributed by atoms with Gasteiger partial charge in [-0.25, -0.2) is 4.79 Å². The number of anilines is 2. The van der Waals surface area contributed by atoms with Crippen molar-refractivity contribution in [1.29, 1.82) is 0 Å². The van der Waals surface area contributed by atoms with E-state index in [1.807, 2.05) is 25.1 Å². The Kier molecular flexibility index (Phi) is 4.55. The zero-order valence-electron chi connectivity index (χ0n) is 11.4. The first kappa shape index (κ1) is 13.9. The maximum Gasteiger partial charge on any atom is 0.322 e. The molecule has 0 aliphatic heterocycles. The maximum atomic E-state index is 12.2. The van der Waals surface area contributed by atoms with Gasteiger partial charge in [0.2, 0.25) is 0 Å². The third-order valence-corrected chi connectivity index (χ3v) is 2.91. The normalized spacial score (nSPS) is 10.1. The highest BCUT2D eigenvalue weighted by Gasteiger charge is 2.12. The molecule has 3 N–H and O–H groups in total. The number of carbonyl (C=O) groups is 1. The van der Waals surface area contributed by atoms with Crippen LogP contribution in [-0.4, -0.2) is 22.5 Å². The van der Waals surface area contributed by atoms with Gasteiger partial charge in [-0.15, -0.1) is 0 Å². The first-order valence-electron chi connectivity index (χ1n) is 6.50. The summed E-state index contributed by atoms with van der Waals surface area (Å²) in [4.78, 5) is 18.1. The summed E-state index contributed by atoms with van der Waals surface area (Å²) in [6, 6.07) is 12.6. The summed E-state index contributed by atoms with van der Waals surface area (Å²) in [6.45, 7) is 3.03. The van der Waals surface area contributed by atoms with Crippen molar-refractivity contribution >= 4 is 17.4 Å². The number of rotatable bonds is 4. The van der Waals surface area contributed by atoms with Gasteiger partial charge < -0.3 is 16.0 Å². The van der Waals surface area contributed by atoms with Gasteiger partial charge in [-0.3, -0.25) is 4.98 Å². The Morgan fingerprint density at radius 3 is 2.60 bits per heavy atom. The molecule has 2 amide bonds. The molecule has 1 aromatic carbocycles. The van der Waals surface area contributed by atoms with Gasteiger partial charge in [0.1, 0.15) is 0 Å². The molecule has 0 bridgehead atoms. The molecule has 0 fully saturated rings. The van der Waals surface area contributed by atoms with Gasteiger partial charge in [-0.1, -0.05) is 6.07 Å². The second kappa shape index (κ2) is 6.56. The van der Waals surface area contributed by atoms with Crippen LogP contribution in [0.5, 0.6) is 0 Å². The summed E-state index contributed by atoms with van der Waals surface area (Å²) in [6.07, 6.45) is 1.72. The minimum Gasteiger partial charge on any atom is -0.399 e. The van der Waals surface area contributed by atoms with Crippen molar-refractivity contribution in [3.05, 3.63) is 54.4 Å². The lowest BCUT2D eigenvalue weighted by molar-refractivity contribution is 0.211. The number of nitrogen functional groups attached to an aromatic ring is 1. The molecule has 104 valence electrons. The van der Waals surface area contributed by atoms with Crippen LogP contribution in [0.2, 0.25) is 0 Å². The van der Waals surface area contributed by atoms with Crippen LogP contribution in [0.25, 0.3) is 0 Å². The Bertz CT molecular complexity index is 554. The van der Waals surface area contributed by atoms with E-state index < -0.39 is 0 Å². The van der Waals surface area contributed by atoms with Gasteiger partial charge in [-0.05, 0) is 43.3 Å². The minimum absolute atomic E-state index is 0.150. The number of carbonyl (C=O) groups excluding carboxylic acids is 1. The molecule has 0 saturated carbocycles. The number of nitrogens with one attached hydrogen (secondary N) is 1. The zero-order valence-corrected chi connectivity index (χ0v) is 11.4. The first-order valence-corrected chi connectivity index (χ1v) is 6.50. The number of benzene rings is 1. The number of pyridine rings is 1. The van der Waals surface area contributed by atoms with Gasteiger partial charge in [0, 0.05) is 24.1 Å². The van der Waals surface area contributed by atoms with E-state index in [-0.39, 0.29) is 6.03 Å². The van der Waals surface area contributed by atoms with E-state index in [2.05, 4.69) is 10.3 Å². The van der Waals surface area contributed by atoms with Crippen molar-refractivity contribution in [2.45, 2.75) is 13.5 Å². The number of nitrogens with two attached hydrogens (primary N) is 1. The Labute approximate surface area is 118 Å². The van der Waals surface area contributed by atoms with E-state index in [0.29, 0.717) is 18.8 Å². The van der Waals surface area contributed by atoms with Crippen molar-refractivity contribution in [1.82, 2.24) is 9.88 Å². The average Bonchev–Trinajstić information content (AvgIpc) is 2.48. The molecule has 0 radical (unpaired) electrons. The van der Waals surface area contributed by atoms with Crippen LogP contribution in [0.15, 0.2) is 48.7 Å². The van der Waals surface area contributed by atoms with Crippen LogP contribution in [0.1, 0.15) is 12.6 Å². The molecule has 0 spiro atoms. The van der Waals surface area contributed by atoms with Crippen LogP contribution < -0.4 is 11.1 Å². The molecule has 2 rings (SSSR count). The fourth-order valence-corrected chi connectivity index (χ4v) is 1.78. The third-order valence-electron chi connectivity index (χ3n) is 2.91. The third kappa shape index (κ3) is 3.71. The Hall–Kier alpha value is -2.56. The standard InChI is InChI=1S/C15H18N4O/c1-2-19(11-14-5-3-4-10-17-14)15(20)18-13-8-6-12(16)7-9-13/h3-10H,2,11,16H2,1H3,(H,18,20). The highest BCUT2D eigenvalue weighted by atomic mass is 16.2. The molecule has 0 unspecified atom stereocenters. The van der Waals surface area contributed by atoms with Gasteiger partial charge >= 0.3 is 6.03 Å². The van der Waals surface area contributed by atoms with E-state index >= 15 is 0 Å². The van der Waals surface area contributed by atoms with Gasteiger partial charge in [0.25, 0.3) is 0 Å². The second-order valence-electron chi connectivity index (χ2n) is 4.39. The van der Waals surface area contributed by atoms with E-state index in [4.69, 9.17) is 5.73 Å². The topological polar surface area (TPSA) is 71.2 Å². The SMILES string of the molecule is CCN(Cc1ccccn1)C(=O)Nc1ccc(N)cc1. The summed E-state index contributed by atoms with van der Waals surface area (Å²) in [7, 11) is 0. The summed E-state index contributed by atoms with van der Waals surface area (Å²) < 4.78 is 0. The molecule has 1 aromatic heterocycles. The number of hydrogen-bond donors (Lipinski definition) is 2. The van der Waals surface area contributed by atoms with Crippen molar-refractivity contribution in [3.8, 4) is 0 Å². The monoisotopic (exact) mass is 270 g/mol. The molecule has 0 aliphatic rings. The molecule has 0 saturated heterocycles. The van der Waals surface area contributed by atoms with Crippen molar-refractivity contribution in [2.75, 3.05) is 17.6 Å². The predicted octanol–water partition coefficient (Wildman–Crippen LogP) is 2.72. The van der Waals surface area contributed by atoms with Crippen LogP contribution in [-0.2, 0) is 6.54 Å². The minimum atomic E-state index is -0.150. The van der Waals surface area contributed by atoms with Crippen LogP contribution in [0.3, 0.4) is 0 Å².